The Balaban J connectivity index is 2.18. The molecular weight excluding hydrogens is 214 g/mol. The largest absolute Gasteiger partial charge is 0.332 e. The summed E-state index contributed by atoms with van der Waals surface area (Å²) in [6.07, 6.45) is 4.34. The summed E-state index contributed by atoms with van der Waals surface area (Å²) in [4.78, 5) is 13.0. The maximum Gasteiger partial charge on any atom is 0.115 e. The molecule has 0 fully saturated rings. The Hall–Kier alpha value is -1.75. The van der Waals surface area contributed by atoms with Crippen LogP contribution in [0.25, 0.3) is 11.3 Å². The molecule has 0 bridgehead atoms. The van der Waals surface area contributed by atoms with Crippen LogP contribution in [0.1, 0.15) is 17.1 Å². The summed E-state index contributed by atoms with van der Waals surface area (Å²) in [5.41, 5.74) is 11.2. The van der Waals surface area contributed by atoms with Crippen molar-refractivity contribution in [2.75, 3.05) is 0 Å². The summed E-state index contributed by atoms with van der Waals surface area (Å²) < 4.78 is 2.13. The van der Waals surface area contributed by atoms with E-state index in [-0.39, 0.29) is 6.04 Å². The highest BCUT2D eigenvalue weighted by molar-refractivity contribution is 5.67. The molecular formula is C12H15N5. The normalized spacial score (nSPS) is 18.4. The van der Waals surface area contributed by atoms with Gasteiger partial charge in [-0.05, 0) is 13.8 Å². The minimum atomic E-state index is 0.206. The first-order chi connectivity index (χ1) is 8.16. The lowest BCUT2D eigenvalue weighted by Gasteiger charge is -2.07. The van der Waals surface area contributed by atoms with Crippen molar-refractivity contribution in [3.63, 3.8) is 0 Å². The molecule has 0 radical (unpaired) electrons. The lowest BCUT2D eigenvalue weighted by atomic mass is 10.1. The van der Waals surface area contributed by atoms with Crippen LogP contribution in [-0.4, -0.2) is 25.6 Å². The molecule has 1 aliphatic rings. The fourth-order valence-electron chi connectivity index (χ4n) is 2.49. The second-order valence-corrected chi connectivity index (χ2v) is 4.58. The first-order valence-corrected chi connectivity index (χ1v) is 5.75. The third kappa shape index (κ3) is 1.54. The zero-order valence-corrected chi connectivity index (χ0v) is 10.0. The van der Waals surface area contributed by atoms with Gasteiger partial charge in [-0.15, -0.1) is 0 Å². The molecule has 2 aromatic heterocycles. The van der Waals surface area contributed by atoms with Crippen molar-refractivity contribution in [2.24, 2.45) is 5.73 Å². The number of aromatic nitrogens is 4. The minimum Gasteiger partial charge on any atom is -0.332 e. The van der Waals surface area contributed by atoms with Gasteiger partial charge in [-0.25, -0.2) is 15.0 Å². The van der Waals surface area contributed by atoms with E-state index in [2.05, 4.69) is 19.5 Å². The topological polar surface area (TPSA) is 69.6 Å². The van der Waals surface area contributed by atoms with Gasteiger partial charge in [0.15, 0.2) is 0 Å². The van der Waals surface area contributed by atoms with Crippen LogP contribution in [-0.2, 0) is 13.0 Å². The summed E-state index contributed by atoms with van der Waals surface area (Å²) in [7, 11) is 0. The first kappa shape index (κ1) is 10.4. The van der Waals surface area contributed by atoms with Gasteiger partial charge in [0, 0.05) is 30.3 Å². The molecule has 0 saturated heterocycles. The Kier molecular flexibility index (Phi) is 2.22. The molecule has 5 heteroatoms. The van der Waals surface area contributed by atoms with Crippen LogP contribution in [0.5, 0.6) is 0 Å². The highest BCUT2D eigenvalue weighted by Crippen LogP contribution is 2.29. The molecule has 0 aliphatic carbocycles. The van der Waals surface area contributed by atoms with E-state index in [4.69, 9.17) is 5.73 Å². The highest BCUT2D eigenvalue weighted by Gasteiger charge is 2.24. The Morgan fingerprint density at radius 3 is 2.65 bits per heavy atom. The van der Waals surface area contributed by atoms with E-state index in [0.29, 0.717) is 0 Å². The van der Waals surface area contributed by atoms with Crippen LogP contribution in [0, 0.1) is 13.8 Å². The predicted octanol–water partition coefficient (Wildman–Crippen LogP) is 0.840. The van der Waals surface area contributed by atoms with E-state index in [0.717, 1.165) is 35.6 Å². The summed E-state index contributed by atoms with van der Waals surface area (Å²) in [5.74, 6) is 0. The average Bonchev–Trinajstić information content (AvgIpc) is 2.78. The fourth-order valence-corrected chi connectivity index (χ4v) is 2.49. The summed E-state index contributed by atoms with van der Waals surface area (Å²) in [6.45, 7) is 4.84. The van der Waals surface area contributed by atoms with Crippen molar-refractivity contribution in [1.29, 1.82) is 0 Å². The molecule has 2 aromatic rings. The number of imidazole rings is 1. The van der Waals surface area contributed by atoms with Crippen LogP contribution in [0.4, 0.5) is 0 Å². The lowest BCUT2D eigenvalue weighted by Crippen LogP contribution is -2.20. The Morgan fingerprint density at radius 2 is 1.94 bits per heavy atom. The maximum absolute atomic E-state index is 5.97. The number of aryl methyl sites for hydroxylation is 2. The molecule has 1 atom stereocenters. The van der Waals surface area contributed by atoms with Crippen LogP contribution in [0.2, 0.25) is 0 Å². The van der Waals surface area contributed by atoms with Gasteiger partial charge in [0.05, 0.1) is 23.4 Å². The molecule has 3 heterocycles. The second-order valence-electron chi connectivity index (χ2n) is 4.58. The van der Waals surface area contributed by atoms with Crippen molar-refractivity contribution in [2.45, 2.75) is 32.9 Å². The molecule has 1 unspecified atom stereocenters. The smallest absolute Gasteiger partial charge is 0.115 e. The first-order valence-electron chi connectivity index (χ1n) is 5.75. The van der Waals surface area contributed by atoms with Gasteiger partial charge in [-0.2, -0.15) is 0 Å². The Morgan fingerprint density at radius 1 is 1.24 bits per heavy atom. The van der Waals surface area contributed by atoms with E-state index in [9.17, 15) is 0 Å². The van der Waals surface area contributed by atoms with E-state index in [1.807, 2.05) is 20.2 Å². The summed E-state index contributed by atoms with van der Waals surface area (Å²) in [5, 5.41) is 0. The van der Waals surface area contributed by atoms with E-state index >= 15 is 0 Å². The number of fused-ring (bicyclic) bond motifs is 1. The quantitative estimate of drug-likeness (QED) is 0.786. The molecule has 3 rings (SSSR count). The van der Waals surface area contributed by atoms with Crippen molar-refractivity contribution >= 4 is 0 Å². The van der Waals surface area contributed by atoms with Gasteiger partial charge in [-0.3, -0.25) is 0 Å². The zero-order valence-electron chi connectivity index (χ0n) is 10.0. The molecule has 0 aromatic carbocycles. The third-order valence-corrected chi connectivity index (χ3v) is 3.30. The molecule has 17 heavy (non-hydrogen) atoms. The predicted molar refractivity (Wildman–Crippen MR) is 64.4 cm³/mol. The third-order valence-electron chi connectivity index (χ3n) is 3.30. The van der Waals surface area contributed by atoms with Gasteiger partial charge in [0.25, 0.3) is 0 Å². The SMILES string of the molecule is Cc1ncnc(C)c1-c1ncn2c1CC(N)C2. The van der Waals surface area contributed by atoms with Crippen molar-refractivity contribution in [3.8, 4) is 11.3 Å². The van der Waals surface area contributed by atoms with E-state index in [1.165, 1.54) is 5.69 Å². The minimum absolute atomic E-state index is 0.206. The van der Waals surface area contributed by atoms with Crippen LogP contribution >= 0.6 is 0 Å². The van der Waals surface area contributed by atoms with Crippen molar-refractivity contribution < 1.29 is 0 Å². The zero-order chi connectivity index (χ0) is 12.0. The van der Waals surface area contributed by atoms with Crippen molar-refractivity contribution in [3.05, 3.63) is 29.7 Å². The van der Waals surface area contributed by atoms with Crippen molar-refractivity contribution in [1.82, 2.24) is 19.5 Å². The molecule has 88 valence electrons. The van der Waals surface area contributed by atoms with Gasteiger partial charge < -0.3 is 10.3 Å². The number of hydrogen-bond donors (Lipinski definition) is 1. The van der Waals surface area contributed by atoms with Gasteiger partial charge in [-0.1, -0.05) is 0 Å². The monoisotopic (exact) mass is 229 g/mol. The maximum atomic E-state index is 5.97. The molecule has 5 nitrogen and oxygen atoms in total. The Bertz CT molecular complexity index is 552. The molecule has 2 N–H and O–H groups in total. The molecule has 0 spiro atoms. The number of nitrogens with two attached hydrogens (primary N) is 1. The highest BCUT2D eigenvalue weighted by atomic mass is 15.1. The van der Waals surface area contributed by atoms with E-state index in [1.54, 1.807) is 6.33 Å². The number of hydrogen-bond acceptors (Lipinski definition) is 4. The van der Waals surface area contributed by atoms with Crippen LogP contribution in [0.3, 0.4) is 0 Å². The second kappa shape index (κ2) is 3.63. The summed E-state index contributed by atoms with van der Waals surface area (Å²) in [6, 6.07) is 0.206. The van der Waals surface area contributed by atoms with Crippen LogP contribution < -0.4 is 5.73 Å². The van der Waals surface area contributed by atoms with Crippen LogP contribution in [0.15, 0.2) is 12.7 Å². The van der Waals surface area contributed by atoms with Gasteiger partial charge in [0.2, 0.25) is 0 Å². The van der Waals surface area contributed by atoms with Gasteiger partial charge >= 0.3 is 0 Å². The molecule has 0 saturated carbocycles. The lowest BCUT2D eigenvalue weighted by molar-refractivity contribution is 0.636. The van der Waals surface area contributed by atoms with Gasteiger partial charge in [0.1, 0.15) is 6.33 Å². The molecule has 1 aliphatic heterocycles. The van der Waals surface area contributed by atoms with E-state index < -0.39 is 0 Å². The number of rotatable bonds is 1. The number of nitrogens with zero attached hydrogens (tertiary/aromatic N) is 4. The molecule has 0 amide bonds. The average molecular weight is 229 g/mol. The fraction of sp³-hybridized carbons (Fsp3) is 0.417. The standard InChI is InChI=1S/C12H15N5/c1-7-11(8(2)15-5-14-7)12-10-3-9(13)4-17(10)6-16-12/h5-6,9H,3-4,13H2,1-2H3. The summed E-state index contributed by atoms with van der Waals surface area (Å²) >= 11 is 0. The Labute approximate surface area is 99.7 Å².